The molecule has 0 aliphatic carbocycles. The number of nitrogens with zero attached hydrogens (tertiary/aromatic N) is 1. The van der Waals surface area contributed by atoms with Crippen LogP contribution in [0, 0.1) is 12.8 Å². The second kappa shape index (κ2) is 4.45. The molecule has 1 unspecified atom stereocenters. The molecular formula is C12H15BrN2O. The summed E-state index contributed by atoms with van der Waals surface area (Å²) in [5, 5.41) is 0. The summed E-state index contributed by atoms with van der Waals surface area (Å²) < 4.78 is 1.08. The summed E-state index contributed by atoms with van der Waals surface area (Å²) in [7, 11) is 0. The van der Waals surface area contributed by atoms with E-state index < -0.39 is 0 Å². The molecule has 3 nitrogen and oxygen atoms in total. The van der Waals surface area contributed by atoms with Crippen LogP contribution in [-0.4, -0.2) is 19.0 Å². The molecule has 1 aliphatic rings. The molecule has 0 saturated carbocycles. The van der Waals surface area contributed by atoms with Gasteiger partial charge in [0.1, 0.15) is 0 Å². The molecule has 86 valence electrons. The lowest BCUT2D eigenvalue weighted by Crippen LogP contribution is -2.27. The van der Waals surface area contributed by atoms with Crippen LogP contribution in [0.1, 0.15) is 12.0 Å². The van der Waals surface area contributed by atoms with E-state index in [1.807, 2.05) is 6.07 Å². The first-order valence-electron chi connectivity index (χ1n) is 5.38. The van der Waals surface area contributed by atoms with Gasteiger partial charge in [-0.15, -0.1) is 0 Å². The summed E-state index contributed by atoms with van der Waals surface area (Å²) in [6.45, 7) is 3.74. The molecule has 2 rings (SSSR count). The van der Waals surface area contributed by atoms with Crippen molar-refractivity contribution in [2.75, 3.05) is 18.0 Å². The van der Waals surface area contributed by atoms with Gasteiger partial charge in [-0.05, 0) is 37.1 Å². The average Bonchev–Trinajstić information content (AvgIpc) is 2.66. The second-order valence-corrected chi connectivity index (χ2v) is 5.18. The summed E-state index contributed by atoms with van der Waals surface area (Å²) in [6, 6.07) is 6.20. The molecule has 0 spiro atoms. The predicted molar refractivity (Wildman–Crippen MR) is 68.4 cm³/mol. The van der Waals surface area contributed by atoms with E-state index in [-0.39, 0.29) is 11.8 Å². The molecule has 0 bridgehead atoms. The maximum absolute atomic E-state index is 11.1. The number of carbonyl (C=O) groups is 1. The molecule has 1 aromatic carbocycles. The molecule has 1 fully saturated rings. The predicted octanol–water partition coefficient (Wildman–Crippen LogP) is 2.07. The van der Waals surface area contributed by atoms with Gasteiger partial charge in [-0.25, -0.2) is 0 Å². The summed E-state index contributed by atoms with van der Waals surface area (Å²) in [6.07, 6.45) is 0.866. The largest absolute Gasteiger partial charge is 0.370 e. The summed E-state index contributed by atoms with van der Waals surface area (Å²) in [4.78, 5) is 13.3. The van der Waals surface area contributed by atoms with Crippen molar-refractivity contribution < 1.29 is 4.79 Å². The quantitative estimate of drug-likeness (QED) is 0.903. The van der Waals surface area contributed by atoms with E-state index in [0.29, 0.717) is 0 Å². The molecule has 2 N–H and O–H groups in total. The average molecular weight is 283 g/mol. The van der Waals surface area contributed by atoms with Crippen LogP contribution in [0.15, 0.2) is 22.7 Å². The fraction of sp³-hybridized carbons (Fsp3) is 0.417. The van der Waals surface area contributed by atoms with Gasteiger partial charge >= 0.3 is 0 Å². The number of halogens is 1. The maximum atomic E-state index is 11.1. The molecule has 1 aromatic rings. The zero-order chi connectivity index (χ0) is 11.7. The Kier molecular flexibility index (Phi) is 3.19. The number of rotatable bonds is 2. The van der Waals surface area contributed by atoms with E-state index in [1.54, 1.807) is 0 Å². The Morgan fingerprint density at radius 1 is 1.56 bits per heavy atom. The monoisotopic (exact) mass is 282 g/mol. The number of hydrogen-bond donors (Lipinski definition) is 1. The standard InChI is InChI=1S/C12H15BrN2O/c1-8-6-10(13)2-3-11(8)15-5-4-9(7-15)12(14)16/h2-3,6,9H,4-5,7H2,1H3,(H2,14,16). The van der Waals surface area contributed by atoms with Gasteiger partial charge < -0.3 is 10.6 Å². The molecule has 1 aliphatic heterocycles. The first-order valence-corrected chi connectivity index (χ1v) is 6.17. The normalized spacial score (nSPS) is 20.1. The Balaban J connectivity index is 2.17. The number of primary amides is 1. The first kappa shape index (κ1) is 11.5. The van der Waals surface area contributed by atoms with E-state index in [4.69, 9.17) is 5.73 Å². The molecule has 1 saturated heterocycles. The minimum absolute atomic E-state index is 0.00282. The van der Waals surface area contributed by atoms with Crippen LogP contribution >= 0.6 is 15.9 Å². The van der Waals surface area contributed by atoms with Crippen molar-refractivity contribution in [3.05, 3.63) is 28.2 Å². The van der Waals surface area contributed by atoms with Gasteiger partial charge in [-0.2, -0.15) is 0 Å². The molecule has 0 radical (unpaired) electrons. The highest BCUT2D eigenvalue weighted by molar-refractivity contribution is 9.10. The third-order valence-electron chi connectivity index (χ3n) is 3.09. The number of carbonyl (C=O) groups excluding carboxylic acids is 1. The molecule has 0 aromatic heterocycles. The van der Waals surface area contributed by atoms with E-state index in [1.165, 1.54) is 11.3 Å². The highest BCUT2D eigenvalue weighted by atomic mass is 79.9. The van der Waals surface area contributed by atoms with E-state index in [0.717, 1.165) is 24.0 Å². The van der Waals surface area contributed by atoms with E-state index >= 15 is 0 Å². The van der Waals surface area contributed by atoms with Crippen LogP contribution in [0.5, 0.6) is 0 Å². The van der Waals surface area contributed by atoms with Crippen molar-refractivity contribution in [3.63, 3.8) is 0 Å². The summed E-state index contributed by atoms with van der Waals surface area (Å²) >= 11 is 3.45. The minimum Gasteiger partial charge on any atom is -0.370 e. The lowest BCUT2D eigenvalue weighted by molar-refractivity contribution is -0.121. The van der Waals surface area contributed by atoms with Gasteiger partial charge in [-0.1, -0.05) is 15.9 Å². The van der Waals surface area contributed by atoms with Crippen molar-refractivity contribution in [3.8, 4) is 0 Å². The van der Waals surface area contributed by atoms with E-state index in [2.05, 4.69) is 39.9 Å². The molecule has 1 amide bonds. The molecule has 4 heteroatoms. The number of hydrogen-bond acceptors (Lipinski definition) is 2. The Labute approximate surface area is 104 Å². The first-order chi connectivity index (χ1) is 7.58. The van der Waals surface area contributed by atoms with Gasteiger partial charge in [0.2, 0.25) is 5.91 Å². The lowest BCUT2D eigenvalue weighted by atomic mass is 10.1. The van der Waals surface area contributed by atoms with Crippen LogP contribution in [0.25, 0.3) is 0 Å². The smallest absolute Gasteiger partial charge is 0.222 e. The minimum atomic E-state index is -0.183. The molecular weight excluding hydrogens is 268 g/mol. The van der Waals surface area contributed by atoms with Crippen molar-refractivity contribution in [1.29, 1.82) is 0 Å². The second-order valence-electron chi connectivity index (χ2n) is 4.26. The zero-order valence-electron chi connectivity index (χ0n) is 9.24. The highest BCUT2D eigenvalue weighted by Crippen LogP contribution is 2.28. The van der Waals surface area contributed by atoms with Gasteiger partial charge in [0, 0.05) is 23.2 Å². The zero-order valence-corrected chi connectivity index (χ0v) is 10.8. The van der Waals surface area contributed by atoms with Crippen molar-refractivity contribution in [1.82, 2.24) is 0 Å². The van der Waals surface area contributed by atoms with Crippen molar-refractivity contribution >= 4 is 27.5 Å². The van der Waals surface area contributed by atoms with Crippen LogP contribution in [0.3, 0.4) is 0 Å². The van der Waals surface area contributed by atoms with Crippen molar-refractivity contribution in [2.24, 2.45) is 11.7 Å². The molecule has 16 heavy (non-hydrogen) atoms. The van der Waals surface area contributed by atoms with E-state index in [9.17, 15) is 4.79 Å². The number of aryl methyl sites for hydroxylation is 1. The van der Waals surface area contributed by atoms with Crippen molar-refractivity contribution in [2.45, 2.75) is 13.3 Å². The topological polar surface area (TPSA) is 46.3 Å². The van der Waals surface area contributed by atoms with Crippen LogP contribution in [-0.2, 0) is 4.79 Å². The SMILES string of the molecule is Cc1cc(Br)ccc1N1CCC(C(N)=O)C1. The Bertz CT molecular complexity index is 419. The Morgan fingerprint density at radius 3 is 2.88 bits per heavy atom. The number of nitrogens with two attached hydrogens (primary N) is 1. The van der Waals surface area contributed by atoms with Gasteiger partial charge in [0.15, 0.2) is 0 Å². The molecule has 1 atom stereocenters. The van der Waals surface area contributed by atoms with Crippen LogP contribution in [0.4, 0.5) is 5.69 Å². The maximum Gasteiger partial charge on any atom is 0.222 e. The Hall–Kier alpha value is -1.03. The highest BCUT2D eigenvalue weighted by Gasteiger charge is 2.27. The third kappa shape index (κ3) is 2.21. The third-order valence-corrected chi connectivity index (χ3v) is 3.58. The van der Waals surface area contributed by atoms with Crippen LogP contribution in [0.2, 0.25) is 0 Å². The number of anilines is 1. The summed E-state index contributed by atoms with van der Waals surface area (Å²) in [5.74, 6) is -0.180. The van der Waals surface area contributed by atoms with Gasteiger partial charge in [-0.3, -0.25) is 4.79 Å². The number of amides is 1. The number of benzene rings is 1. The fourth-order valence-corrected chi connectivity index (χ4v) is 2.66. The van der Waals surface area contributed by atoms with Gasteiger partial charge in [0.25, 0.3) is 0 Å². The summed E-state index contributed by atoms with van der Waals surface area (Å²) in [5.41, 5.74) is 7.75. The molecule has 1 heterocycles. The van der Waals surface area contributed by atoms with Gasteiger partial charge in [0.05, 0.1) is 5.92 Å². The Morgan fingerprint density at radius 2 is 2.31 bits per heavy atom. The fourth-order valence-electron chi connectivity index (χ4n) is 2.18. The van der Waals surface area contributed by atoms with Crippen LogP contribution < -0.4 is 10.6 Å². The lowest BCUT2D eigenvalue weighted by Gasteiger charge is -2.20.